The highest BCUT2D eigenvalue weighted by Crippen LogP contribution is 2.26. The van der Waals surface area contributed by atoms with Crippen LogP contribution in [-0.2, 0) is 0 Å². The molecule has 1 N–H and O–H groups in total. The Morgan fingerprint density at radius 1 is 1.22 bits per heavy atom. The van der Waals surface area contributed by atoms with Crippen molar-refractivity contribution >= 4 is 50.7 Å². The zero-order valence-corrected chi connectivity index (χ0v) is 12.1. The van der Waals surface area contributed by atoms with Gasteiger partial charge in [0.25, 0.3) is 5.91 Å². The largest absolute Gasteiger partial charge is 0.319 e. The van der Waals surface area contributed by atoms with Crippen molar-refractivity contribution in [2.45, 2.75) is 0 Å². The van der Waals surface area contributed by atoms with Crippen molar-refractivity contribution in [3.8, 4) is 0 Å². The SMILES string of the molecule is O=C(Nc1cc(Br)ccc1Cl)c1cccc(Cl)n1. The Morgan fingerprint density at radius 2 is 2.00 bits per heavy atom. The average molecular weight is 346 g/mol. The first kappa shape index (κ1) is 13.3. The number of nitrogens with zero attached hydrogens (tertiary/aromatic N) is 1. The summed E-state index contributed by atoms with van der Waals surface area (Å²) in [4.78, 5) is 15.8. The van der Waals surface area contributed by atoms with E-state index in [4.69, 9.17) is 23.2 Å². The number of benzene rings is 1. The van der Waals surface area contributed by atoms with Crippen LogP contribution in [0.1, 0.15) is 10.5 Å². The molecule has 18 heavy (non-hydrogen) atoms. The van der Waals surface area contributed by atoms with Gasteiger partial charge < -0.3 is 5.32 Å². The summed E-state index contributed by atoms with van der Waals surface area (Å²) in [5.41, 5.74) is 0.747. The van der Waals surface area contributed by atoms with Gasteiger partial charge in [-0.3, -0.25) is 4.79 Å². The van der Waals surface area contributed by atoms with Crippen molar-refractivity contribution in [3.63, 3.8) is 0 Å². The van der Waals surface area contributed by atoms with Gasteiger partial charge in [-0.15, -0.1) is 0 Å². The molecule has 0 aliphatic rings. The first-order chi connectivity index (χ1) is 8.56. The van der Waals surface area contributed by atoms with Crippen molar-refractivity contribution in [2.75, 3.05) is 5.32 Å². The maximum Gasteiger partial charge on any atom is 0.274 e. The fourth-order valence-electron chi connectivity index (χ4n) is 1.31. The Labute approximate surface area is 122 Å². The van der Waals surface area contributed by atoms with E-state index in [1.807, 2.05) is 0 Å². The summed E-state index contributed by atoms with van der Waals surface area (Å²) in [7, 11) is 0. The summed E-state index contributed by atoms with van der Waals surface area (Å²) >= 11 is 15.0. The second kappa shape index (κ2) is 5.69. The van der Waals surface area contributed by atoms with E-state index < -0.39 is 0 Å². The number of anilines is 1. The highest BCUT2D eigenvalue weighted by Gasteiger charge is 2.10. The molecule has 1 aromatic heterocycles. The van der Waals surface area contributed by atoms with Gasteiger partial charge in [0, 0.05) is 4.47 Å². The minimum Gasteiger partial charge on any atom is -0.319 e. The number of aromatic nitrogens is 1. The lowest BCUT2D eigenvalue weighted by Crippen LogP contribution is -2.13. The van der Waals surface area contributed by atoms with Crippen LogP contribution in [0.15, 0.2) is 40.9 Å². The molecule has 0 radical (unpaired) electrons. The Kier molecular flexibility index (Phi) is 4.22. The second-order valence-corrected chi connectivity index (χ2v) is 5.13. The van der Waals surface area contributed by atoms with Crippen LogP contribution < -0.4 is 5.32 Å². The molecule has 0 saturated carbocycles. The lowest BCUT2D eigenvalue weighted by Gasteiger charge is -2.07. The molecule has 2 rings (SSSR count). The Morgan fingerprint density at radius 3 is 2.72 bits per heavy atom. The molecule has 0 unspecified atom stereocenters. The molecule has 0 bridgehead atoms. The van der Waals surface area contributed by atoms with E-state index in [1.54, 1.807) is 36.4 Å². The molecule has 1 amide bonds. The molecule has 0 saturated heterocycles. The predicted octanol–water partition coefficient (Wildman–Crippen LogP) is 4.40. The monoisotopic (exact) mass is 344 g/mol. The van der Waals surface area contributed by atoms with Crippen molar-refractivity contribution in [3.05, 3.63) is 56.7 Å². The van der Waals surface area contributed by atoms with Gasteiger partial charge in [0.1, 0.15) is 10.8 Å². The lowest BCUT2D eigenvalue weighted by molar-refractivity contribution is 0.102. The average Bonchev–Trinajstić information content (AvgIpc) is 2.34. The summed E-state index contributed by atoms with van der Waals surface area (Å²) in [6.45, 7) is 0. The minimum atomic E-state index is -0.363. The first-order valence-corrected chi connectivity index (χ1v) is 6.50. The van der Waals surface area contributed by atoms with E-state index in [9.17, 15) is 4.79 Å². The first-order valence-electron chi connectivity index (χ1n) is 4.95. The van der Waals surface area contributed by atoms with Gasteiger partial charge in [0.2, 0.25) is 0 Å². The zero-order chi connectivity index (χ0) is 13.1. The fraction of sp³-hybridized carbons (Fsp3) is 0. The van der Waals surface area contributed by atoms with Crippen LogP contribution in [0.5, 0.6) is 0 Å². The molecular weight excluding hydrogens is 339 g/mol. The third-order valence-corrected chi connectivity index (χ3v) is 3.16. The second-order valence-electron chi connectivity index (χ2n) is 3.42. The topological polar surface area (TPSA) is 42.0 Å². The summed E-state index contributed by atoms with van der Waals surface area (Å²) < 4.78 is 0.821. The van der Waals surface area contributed by atoms with Crippen LogP contribution in [0.2, 0.25) is 10.2 Å². The highest BCUT2D eigenvalue weighted by molar-refractivity contribution is 9.10. The van der Waals surface area contributed by atoms with Crippen LogP contribution in [-0.4, -0.2) is 10.9 Å². The highest BCUT2D eigenvalue weighted by atomic mass is 79.9. The molecule has 0 atom stereocenters. The smallest absolute Gasteiger partial charge is 0.274 e. The maximum absolute atomic E-state index is 11.9. The number of rotatable bonds is 2. The van der Waals surface area contributed by atoms with Gasteiger partial charge >= 0.3 is 0 Å². The summed E-state index contributed by atoms with van der Waals surface area (Å²) in [6.07, 6.45) is 0. The van der Waals surface area contributed by atoms with Gasteiger partial charge in [-0.2, -0.15) is 0 Å². The van der Waals surface area contributed by atoms with Crippen molar-refractivity contribution < 1.29 is 4.79 Å². The van der Waals surface area contributed by atoms with Crippen molar-refractivity contribution in [1.82, 2.24) is 4.98 Å². The molecule has 1 heterocycles. The molecule has 2 aromatic rings. The number of nitrogens with one attached hydrogen (secondary N) is 1. The van der Waals surface area contributed by atoms with Crippen molar-refractivity contribution in [2.24, 2.45) is 0 Å². The van der Waals surface area contributed by atoms with Crippen LogP contribution in [0, 0.1) is 0 Å². The Bertz CT molecular complexity index is 604. The van der Waals surface area contributed by atoms with Crippen LogP contribution in [0.4, 0.5) is 5.69 Å². The quantitative estimate of drug-likeness (QED) is 0.819. The molecule has 92 valence electrons. The van der Waals surface area contributed by atoms with E-state index in [0.717, 1.165) is 4.47 Å². The van der Waals surface area contributed by atoms with Crippen LogP contribution in [0.25, 0.3) is 0 Å². The molecule has 1 aromatic carbocycles. The number of pyridine rings is 1. The maximum atomic E-state index is 11.9. The number of amides is 1. The molecule has 0 spiro atoms. The van der Waals surface area contributed by atoms with E-state index in [0.29, 0.717) is 10.7 Å². The minimum absolute atomic E-state index is 0.235. The molecule has 0 aliphatic carbocycles. The van der Waals surface area contributed by atoms with E-state index >= 15 is 0 Å². The summed E-state index contributed by atoms with van der Waals surface area (Å²) in [5, 5.41) is 3.39. The summed E-state index contributed by atoms with van der Waals surface area (Å²) in [5.74, 6) is -0.363. The van der Waals surface area contributed by atoms with Crippen LogP contribution >= 0.6 is 39.1 Å². The number of hydrogen-bond acceptors (Lipinski definition) is 2. The number of carbonyl (C=O) groups excluding carboxylic acids is 1. The van der Waals surface area contributed by atoms with Gasteiger partial charge in [0.05, 0.1) is 10.7 Å². The molecule has 0 aliphatic heterocycles. The molecular formula is C12H7BrCl2N2O. The number of carbonyl (C=O) groups is 1. The normalized spacial score (nSPS) is 10.2. The third-order valence-electron chi connectivity index (χ3n) is 2.12. The molecule has 3 nitrogen and oxygen atoms in total. The summed E-state index contributed by atoms with van der Waals surface area (Å²) in [6, 6.07) is 10.0. The number of hydrogen-bond donors (Lipinski definition) is 1. The van der Waals surface area contributed by atoms with Gasteiger partial charge in [-0.25, -0.2) is 4.98 Å². The third kappa shape index (κ3) is 3.22. The fourth-order valence-corrected chi connectivity index (χ4v) is 2.00. The zero-order valence-electron chi connectivity index (χ0n) is 8.95. The van der Waals surface area contributed by atoms with E-state index in [2.05, 4.69) is 26.2 Å². The standard InChI is InChI=1S/C12H7BrCl2N2O/c13-7-4-5-8(14)10(6-7)17-12(18)9-2-1-3-11(15)16-9/h1-6H,(H,17,18). The molecule has 6 heteroatoms. The van der Waals surface area contributed by atoms with E-state index in [-0.39, 0.29) is 16.8 Å². The van der Waals surface area contributed by atoms with Crippen LogP contribution in [0.3, 0.4) is 0 Å². The molecule has 0 fully saturated rings. The van der Waals surface area contributed by atoms with Gasteiger partial charge in [0.15, 0.2) is 0 Å². The Hall–Kier alpha value is -1.10. The predicted molar refractivity (Wildman–Crippen MR) is 76.4 cm³/mol. The van der Waals surface area contributed by atoms with Gasteiger partial charge in [-0.05, 0) is 30.3 Å². The Balaban J connectivity index is 2.24. The van der Waals surface area contributed by atoms with Crippen molar-refractivity contribution in [1.29, 1.82) is 0 Å². The number of halogens is 3. The van der Waals surface area contributed by atoms with E-state index in [1.165, 1.54) is 0 Å². The van der Waals surface area contributed by atoms with Gasteiger partial charge in [-0.1, -0.05) is 45.2 Å². The lowest BCUT2D eigenvalue weighted by atomic mass is 10.3.